The van der Waals surface area contributed by atoms with Crippen LogP contribution in [0.25, 0.3) is 33.2 Å². The molecule has 1 aliphatic rings. The minimum atomic E-state index is -0.101. The van der Waals surface area contributed by atoms with Gasteiger partial charge in [0, 0.05) is 6.61 Å². The molecule has 32 heavy (non-hydrogen) atoms. The fourth-order valence-electron chi connectivity index (χ4n) is 4.51. The lowest BCUT2D eigenvalue weighted by Gasteiger charge is -2.12. The monoisotopic (exact) mass is 425 g/mol. The molecule has 1 atom stereocenters. The van der Waals surface area contributed by atoms with E-state index in [-0.39, 0.29) is 11.7 Å². The van der Waals surface area contributed by atoms with Crippen molar-refractivity contribution in [1.82, 2.24) is 24.1 Å². The third kappa shape index (κ3) is 3.17. The lowest BCUT2D eigenvalue weighted by atomic mass is 10.1. The van der Waals surface area contributed by atoms with Gasteiger partial charge in [-0.3, -0.25) is 9.36 Å². The average Bonchev–Trinajstić information content (AvgIpc) is 3.43. The Hall–Kier alpha value is -3.58. The topological polar surface area (TPSA) is 74.8 Å². The van der Waals surface area contributed by atoms with Crippen molar-refractivity contribution in [2.24, 2.45) is 0 Å². The third-order valence-electron chi connectivity index (χ3n) is 6.20. The number of nitrogens with zero attached hydrogens (tertiary/aromatic N) is 5. The average molecular weight is 425 g/mol. The Bertz CT molecular complexity index is 1510. The summed E-state index contributed by atoms with van der Waals surface area (Å²) in [6.07, 6.45) is 3.77. The number of aromatic nitrogens is 5. The highest BCUT2D eigenvalue weighted by molar-refractivity contribution is 6.04. The number of para-hydroxylation sites is 2. The molecule has 0 bridgehead atoms. The van der Waals surface area contributed by atoms with Crippen molar-refractivity contribution < 1.29 is 4.74 Å². The fraction of sp³-hybridized carbons (Fsp3) is 0.280. The molecule has 0 spiro atoms. The summed E-state index contributed by atoms with van der Waals surface area (Å²) in [5.41, 5.74) is 5.62. The summed E-state index contributed by atoms with van der Waals surface area (Å²) in [6.45, 7) is 3.89. The van der Waals surface area contributed by atoms with Gasteiger partial charge in [0.2, 0.25) is 0 Å². The SMILES string of the molecule is Cc1ccc(Cn2cnc3c(c2=O)c2nc4ccccc4nc2n3C[C@@H]2CCCO2)cc1. The number of hydrogen-bond acceptors (Lipinski definition) is 5. The van der Waals surface area contributed by atoms with Crippen LogP contribution < -0.4 is 5.56 Å². The van der Waals surface area contributed by atoms with Crippen molar-refractivity contribution in [1.29, 1.82) is 0 Å². The first-order chi connectivity index (χ1) is 15.7. The normalized spacial score (nSPS) is 16.5. The molecule has 1 saturated heterocycles. The molecule has 1 fully saturated rings. The van der Waals surface area contributed by atoms with E-state index in [4.69, 9.17) is 19.7 Å². The third-order valence-corrected chi connectivity index (χ3v) is 6.20. The van der Waals surface area contributed by atoms with Gasteiger partial charge >= 0.3 is 0 Å². The molecule has 160 valence electrons. The van der Waals surface area contributed by atoms with E-state index in [0.29, 0.717) is 35.3 Å². The van der Waals surface area contributed by atoms with Crippen LogP contribution in [0, 0.1) is 6.92 Å². The van der Waals surface area contributed by atoms with Gasteiger partial charge in [0.25, 0.3) is 5.56 Å². The van der Waals surface area contributed by atoms with Crippen LogP contribution in [0.15, 0.2) is 59.7 Å². The number of aryl methyl sites for hydroxylation is 1. The lowest BCUT2D eigenvalue weighted by Crippen LogP contribution is -2.22. The molecule has 4 heterocycles. The molecular weight excluding hydrogens is 402 g/mol. The predicted molar refractivity (Wildman–Crippen MR) is 124 cm³/mol. The largest absolute Gasteiger partial charge is 0.376 e. The zero-order valence-electron chi connectivity index (χ0n) is 17.9. The van der Waals surface area contributed by atoms with E-state index >= 15 is 0 Å². The highest BCUT2D eigenvalue weighted by atomic mass is 16.5. The second kappa shape index (κ2) is 7.53. The first-order valence-electron chi connectivity index (χ1n) is 11.0. The van der Waals surface area contributed by atoms with Gasteiger partial charge in [0.1, 0.15) is 17.2 Å². The summed E-state index contributed by atoms with van der Waals surface area (Å²) in [6, 6.07) is 15.9. The maximum atomic E-state index is 13.6. The Morgan fingerprint density at radius 3 is 2.56 bits per heavy atom. The van der Waals surface area contributed by atoms with Gasteiger partial charge < -0.3 is 9.30 Å². The zero-order chi connectivity index (χ0) is 21.7. The summed E-state index contributed by atoms with van der Waals surface area (Å²) < 4.78 is 9.54. The second-order valence-corrected chi connectivity index (χ2v) is 8.49. The van der Waals surface area contributed by atoms with Gasteiger partial charge in [-0.2, -0.15) is 0 Å². The van der Waals surface area contributed by atoms with Crippen LogP contribution in [0.5, 0.6) is 0 Å². The summed E-state index contributed by atoms with van der Waals surface area (Å²) in [7, 11) is 0. The standard InChI is InChI=1S/C25H23N5O2/c1-16-8-10-17(11-9-16)13-29-15-26-23-21(25(29)31)22-24(30(23)14-18-5-4-12-32-18)28-20-7-3-2-6-19(20)27-22/h2-3,6-11,15,18H,4-5,12-14H2,1H3/t18-/m0/s1. The first-order valence-corrected chi connectivity index (χ1v) is 11.0. The van der Waals surface area contributed by atoms with Gasteiger partial charge in [-0.25, -0.2) is 15.0 Å². The summed E-state index contributed by atoms with van der Waals surface area (Å²) in [5.74, 6) is 0. The Labute approximate surface area is 184 Å². The van der Waals surface area contributed by atoms with E-state index in [1.165, 1.54) is 5.56 Å². The minimum absolute atomic E-state index is 0.0962. The number of ether oxygens (including phenoxy) is 1. The molecule has 1 aliphatic heterocycles. The molecule has 0 radical (unpaired) electrons. The molecule has 7 nitrogen and oxygen atoms in total. The molecule has 5 aromatic rings. The van der Waals surface area contributed by atoms with E-state index in [1.54, 1.807) is 10.9 Å². The summed E-state index contributed by atoms with van der Waals surface area (Å²) in [4.78, 5) is 28.0. The van der Waals surface area contributed by atoms with Crippen molar-refractivity contribution in [3.63, 3.8) is 0 Å². The van der Waals surface area contributed by atoms with Crippen LogP contribution in [0.2, 0.25) is 0 Å². The Morgan fingerprint density at radius 1 is 1.03 bits per heavy atom. The molecular formula is C25H23N5O2. The highest BCUT2D eigenvalue weighted by Gasteiger charge is 2.23. The van der Waals surface area contributed by atoms with Crippen molar-refractivity contribution in [3.8, 4) is 0 Å². The predicted octanol–water partition coefficient (Wildman–Crippen LogP) is 3.83. The van der Waals surface area contributed by atoms with E-state index < -0.39 is 0 Å². The Morgan fingerprint density at radius 2 is 1.81 bits per heavy atom. The quantitative estimate of drug-likeness (QED) is 0.437. The Kier molecular flexibility index (Phi) is 4.50. The highest BCUT2D eigenvalue weighted by Crippen LogP contribution is 2.27. The smallest absolute Gasteiger partial charge is 0.265 e. The van der Waals surface area contributed by atoms with Gasteiger partial charge in [-0.1, -0.05) is 42.0 Å². The molecule has 0 saturated carbocycles. The van der Waals surface area contributed by atoms with E-state index in [2.05, 4.69) is 19.1 Å². The van der Waals surface area contributed by atoms with E-state index in [0.717, 1.165) is 36.0 Å². The number of hydrogen-bond donors (Lipinski definition) is 0. The van der Waals surface area contributed by atoms with Gasteiger partial charge in [-0.15, -0.1) is 0 Å². The maximum Gasteiger partial charge on any atom is 0.265 e. The van der Waals surface area contributed by atoms with Gasteiger partial charge in [-0.05, 0) is 37.5 Å². The van der Waals surface area contributed by atoms with Crippen molar-refractivity contribution in [2.45, 2.75) is 39.0 Å². The van der Waals surface area contributed by atoms with Crippen LogP contribution in [0.4, 0.5) is 0 Å². The number of benzene rings is 2. The lowest BCUT2D eigenvalue weighted by molar-refractivity contribution is 0.0987. The summed E-state index contributed by atoms with van der Waals surface area (Å²) >= 11 is 0. The van der Waals surface area contributed by atoms with Crippen LogP contribution in [0.1, 0.15) is 24.0 Å². The van der Waals surface area contributed by atoms with Crippen molar-refractivity contribution >= 4 is 33.2 Å². The molecule has 7 heteroatoms. The molecule has 0 amide bonds. The van der Waals surface area contributed by atoms with Crippen LogP contribution >= 0.6 is 0 Å². The van der Waals surface area contributed by atoms with E-state index in [1.807, 2.05) is 41.0 Å². The molecule has 0 unspecified atom stereocenters. The molecule has 0 N–H and O–H groups in total. The van der Waals surface area contributed by atoms with Gasteiger partial charge in [0.15, 0.2) is 11.3 Å². The fourth-order valence-corrected chi connectivity index (χ4v) is 4.51. The maximum absolute atomic E-state index is 13.6. The second-order valence-electron chi connectivity index (χ2n) is 8.49. The molecule has 0 aliphatic carbocycles. The minimum Gasteiger partial charge on any atom is -0.376 e. The number of rotatable bonds is 4. The van der Waals surface area contributed by atoms with Crippen LogP contribution in [-0.2, 0) is 17.8 Å². The van der Waals surface area contributed by atoms with Crippen molar-refractivity contribution in [3.05, 3.63) is 76.3 Å². The summed E-state index contributed by atoms with van der Waals surface area (Å²) in [5, 5.41) is 0.519. The Balaban J connectivity index is 1.58. The number of fused-ring (bicyclic) bond motifs is 4. The molecule has 3 aromatic heterocycles. The molecule has 6 rings (SSSR count). The van der Waals surface area contributed by atoms with Crippen LogP contribution in [0.3, 0.4) is 0 Å². The van der Waals surface area contributed by atoms with Crippen molar-refractivity contribution in [2.75, 3.05) is 6.61 Å². The van der Waals surface area contributed by atoms with Gasteiger partial charge in [0.05, 0.1) is 30.2 Å². The van der Waals surface area contributed by atoms with Crippen LogP contribution in [-0.4, -0.2) is 36.8 Å². The molecule has 2 aromatic carbocycles. The first kappa shape index (κ1) is 19.1. The zero-order valence-corrected chi connectivity index (χ0v) is 17.9. The van der Waals surface area contributed by atoms with E-state index in [9.17, 15) is 4.79 Å².